The molecule has 0 saturated carbocycles. The normalized spacial score (nSPS) is 17.1. The van der Waals surface area contributed by atoms with E-state index in [9.17, 15) is 14.7 Å². The number of aliphatic hydroxyl groups excluding tert-OH is 1. The summed E-state index contributed by atoms with van der Waals surface area (Å²) in [6.45, 7) is 9.53. The molecule has 194 valence electrons. The number of ether oxygens (including phenoxy) is 3. The molecule has 0 bridgehead atoms. The summed E-state index contributed by atoms with van der Waals surface area (Å²) in [7, 11) is 3.10. The van der Waals surface area contributed by atoms with E-state index in [1.807, 2.05) is 13.0 Å². The molecule has 1 aliphatic heterocycles. The molecule has 0 aromatic heterocycles. The van der Waals surface area contributed by atoms with Crippen LogP contribution in [0.2, 0.25) is 0 Å². The molecule has 0 aliphatic carbocycles. The summed E-state index contributed by atoms with van der Waals surface area (Å²) >= 11 is 0. The van der Waals surface area contributed by atoms with Crippen LogP contribution in [0.1, 0.15) is 44.4 Å². The van der Waals surface area contributed by atoms with Gasteiger partial charge in [0.25, 0.3) is 11.7 Å². The van der Waals surface area contributed by atoms with Gasteiger partial charge >= 0.3 is 0 Å². The maximum Gasteiger partial charge on any atom is 0.295 e. The first-order valence-electron chi connectivity index (χ1n) is 12.4. The number of hydrogen-bond acceptors (Lipinski definition) is 7. The van der Waals surface area contributed by atoms with Crippen LogP contribution in [0.4, 0.5) is 0 Å². The number of benzene rings is 2. The number of Topliss-reactive ketones (excluding diaryl/α,β-unsaturated/α-hetero) is 1. The largest absolute Gasteiger partial charge is 0.507 e. The van der Waals surface area contributed by atoms with E-state index in [1.165, 1.54) is 0 Å². The van der Waals surface area contributed by atoms with Crippen LogP contribution < -0.4 is 14.2 Å². The summed E-state index contributed by atoms with van der Waals surface area (Å²) in [6, 6.07) is 11.3. The fourth-order valence-electron chi connectivity index (χ4n) is 4.50. The molecule has 1 aliphatic rings. The van der Waals surface area contributed by atoms with E-state index in [-0.39, 0.29) is 11.3 Å². The molecule has 1 amide bonds. The van der Waals surface area contributed by atoms with Gasteiger partial charge in [-0.3, -0.25) is 9.59 Å². The molecule has 8 heteroatoms. The Morgan fingerprint density at radius 3 is 2.25 bits per heavy atom. The van der Waals surface area contributed by atoms with Gasteiger partial charge in [-0.25, -0.2) is 0 Å². The highest BCUT2D eigenvalue weighted by Crippen LogP contribution is 2.42. The number of methoxy groups -OCH3 is 2. The van der Waals surface area contributed by atoms with Crippen molar-refractivity contribution in [1.82, 2.24) is 9.80 Å². The van der Waals surface area contributed by atoms with E-state index in [2.05, 4.69) is 18.7 Å². The molecular weight excluding hydrogens is 460 g/mol. The minimum Gasteiger partial charge on any atom is -0.507 e. The molecule has 8 nitrogen and oxygen atoms in total. The molecule has 1 atom stereocenters. The van der Waals surface area contributed by atoms with E-state index < -0.39 is 17.7 Å². The van der Waals surface area contributed by atoms with Gasteiger partial charge in [0, 0.05) is 12.1 Å². The first-order chi connectivity index (χ1) is 17.4. The van der Waals surface area contributed by atoms with Crippen molar-refractivity contribution >= 4 is 17.4 Å². The highest BCUT2D eigenvalue weighted by atomic mass is 16.5. The highest BCUT2D eigenvalue weighted by molar-refractivity contribution is 6.46. The maximum absolute atomic E-state index is 13.3. The van der Waals surface area contributed by atoms with Crippen LogP contribution in [0.5, 0.6) is 17.2 Å². The first kappa shape index (κ1) is 27.1. The van der Waals surface area contributed by atoms with Gasteiger partial charge in [-0.05, 0) is 74.9 Å². The zero-order valence-corrected chi connectivity index (χ0v) is 21.7. The maximum atomic E-state index is 13.3. The Kier molecular flexibility index (Phi) is 9.36. The third-order valence-corrected chi connectivity index (χ3v) is 6.47. The molecule has 1 saturated heterocycles. The smallest absolute Gasteiger partial charge is 0.295 e. The van der Waals surface area contributed by atoms with Gasteiger partial charge in [0.15, 0.2) is 11.5 Å². The molecule has 36 heavy (non-hydrogen) atoms. The number of aliphatic hydroxyl groups is 1. The van der Waals surface area contributed by atoms with E-state index >= 15 is 0 Å². The van der Waals surface area contributed by atoms with Gasteiger partial charge in [-0.15, -0.1) is 0 Å². The van der Waals surface area contributed by atoms with Crippen LogP contribution in [0.15, 0.2) is 48.0 Å². The molecule has 1 N–H and O–H groups in total. The lowest BCUT2D eigenvalue weighted by molar-refractivity contribution is -0.140. The standard InChI is InChI=1S/C28H36N2O6/c1-6-29(7-2)16-9-17-30-25(20-12-15-22(36-8-3)23(18-20)35-5)24(27(32)28(30)33)26(31)19-10-13-21(34-4)14-11-19/h10-15,18,25,31H,6-9,16-17H2,1-5H3/b26-24-. The van der Waals surface area contributed by atoms with Crippen molar-refractivity contribution < 1.29 is 28.9 Å². The Labute approximate surface area is 213 Å². The van der Waals surface area contributed by atoms with Crippen molar-refractivity contribution in [2.24, 2.45) is 0 Å². The fourth-order valence-corrected chi connectivity index (χ4v) is 4.50. The molecule has 1 fully saturated rings. The Morgan fingerprint density at radius 2 is 1.67 bits per heavy atom. The van der Waals surface area contributed by atoms with Crippen molar-refractivity contribution in [3.8, 4) is 17.2 Å². The second-order valence-corrected chi connectivity index (χ2v) is 8.44. The van der Waals surface area contributed by atoms with Gasteiger partial charge in [0.2, 0.25) is 0 Å². The minimum absolute atomic E-state index is 0.0548. The first-order valence-corrected chi connectivity index (χ1v) is 12.4. The Hall–Kier alpha value is -3.52. The van der Waals surface area contributed by atoms with Gasteiger partial charge in [-0.2, -0.15) is 0 Å². The molecular formula is C28H36N2O6. The Balaban J connectivity index is 2.08. The Bertz CT molecular complexity index is 1090. The molecule has 2 aromatic carbocycles. The number of hydrogen-bond donors (Lipinski definition) is 1. The van der Waals surface area contributed by atoms with E-state index in [0.717, 1.165) is 19.6 Å². The van der Waals surface area contributed by atoms with E-state index in [1.54, 1.807) is 55.5 Å². The van der Waals surface area contributed by atoms with Crippen LogP contribution >= 0.6 is 0 Å². The van der Waals surface area contributed by atoms with Crippen molar-refractivity contribution in [3.05, 3.63) is 59.2 Å². The van der Waals surface area contributed by atoms with E-state index in [4.69, 9.17) is 14.2 Å². The summed E-state index contributed by atoms with van der Waals surface area (Å²) < 4.78 is 16.4. The number of amides is 1. The topological polar surface area (TPSA) is 88.5 Å². The quantitative estimate of drug-likeness (QED) is 0.267. The predicted molar refractivity (Wildman–Crippen MR) is 139 cm³/mol. The summed E-state index contributed by atoms with van der Waals surface area (Å²) in [5, 5.41) is 11.3. The van der Waals surface area contributed by atoms with Crippen LogP contribution in [-0.2, 0) is 9.59 Å². The zero-order chi connectivity index (χ0) is 26.2. The van der Waals surface area contributed by atoms with Gasteiger partial charge < -0.3 is 29.1 Å². The third kappa shape index (κ3) is 5.65. The molecule has 1 unspecified atom stereocenters. The minimum atomic E-state index is -0.756. The molecule has 1 heterocycles. The average Bonchev–Trinajstić information content (AvgIpc) is 3.16. The second-order valence-electron chi connectivity index (χ2n) is 8.44. The lowest BCUT2D eigenvalue weighted by Crippen LogP contribution is -2.33. The van der Waals surface area contributed by atoms with Gasteiger partial charge in [0.05, 0.1) is 32.4 Å². The average molecular weight is 497 g/mol. The number of likely N-dealkylation sites (tertiary alicyclic amines) is 1. The van der Waals surface area contributed by atoms with Crippen molar-refractivity contribution in [2.45, 2.75) is 33.2 Å². The summed E-state index contributed by atoms with van der Waals surface area (Å²) in [6.07, 6.45) is 0.696. The number of carbonyl (C=O) groups is 2. The summed E-state index contributed by atoms with van der Waals surface area (Å²) in [4.78, 5) is 30.3. The van der Waals surface area contributed by atoms with Crippen molar-refractivity contribution in [1.29, 1.82) is 0 Å². The molecule has 0 radical (unpaired) electrons. The van der Waals surface area contributed by atoms with Gasteiger partial charge in [-0.1, -0.05) is 19.9 Å². The monoisotopic (exact) mass is 496 g/mol. The van der Waals surface area contributed by atoms with Crippen molar-refractivity contribution in [3.63, 3.8) is 0 Å². The number of carbonyl (C=O) groups excluding carboxylic acids is 2. The highest BCUT2D eigenvalue weighted by Gasteiger charge is 2.46. The zero-order valence-electron chi connectivity index (χ0n) is 21.7. The summed E-state index contributed by atoms with van der Waals surface area (Å²) in [5.74, 6) is 0.132. The lowest BCUT2D eigenvalue weighted by Gasteiger charge is -2.27. The number of nitrogens with zero attached hydrogens (tertiary/aromatic N) is 2. The van der Waals surface area contributed by atoms with Crippen LogP contribution in [0.25, 0.3) is 5.76 Å². The fraction of sp³-hybridized carbons (Fsp3) is 0.429. The SMILES string of the molecule is CCOc1ccc(C2/C(=C(/O)c3ccc(OC)cc3)C(=O)C(=O)N2CCCN(CC)CC)cc1OC. The molecule has 0 spiro atoms. The van der Waals surface area contributed by atoms with Gasteiger partial charge in [0.1, 0.15) is 11.5 Å². The third-order valence-electron chi connectivity index (χ3n) is 6.47. The second kappa shape index (κ2) is 12.4. The summed E-state index contributed by atoms with van der Waals surface area (Å²) in [5.41, 5.74) is 1.14. The molecule has 3 rings (SSSR count). The predicted octanol–water partition coefficient (Wildman–Crippen LogP) is 4.26. The molecule has 2 aromatic rings. The Morgan fingerprint density at radius 1 is 0.972 bits per heavy atom. The lowest BCUT2D eigenvalue weighted by atomic mass is 9.95. The van der Waals surface area contributed by atoms with Crippen LogP contribution in [0, 0.1) is 0 Å². The van der Waals surface area contributed by atoms with Crippen molar-refractivity contribution in [2.75, 3.05) is 47.0 Å². The van der Waals surface area contributed by atoms with E-state index in [0.29, 0.717) is 47.9 Å². The number of rotatable bonds is 12. The van der Waals surface area contributed by atoms with Crippen LogP contribution in [-0.4, -0.2) is 73.6 Å². The van der Waals surface area contributed by atoms with Crippen LogP contribution in [0.3, 0.4) is 0 Å². The number of ketones is 1.